The predicted molar refractivity (Wildman–Crippen MR) is 131 cm³/mol. The summed E-state index contributed by atoms with van der Waals surface area (Å²) in [6.45, 7) is 20.5. The molecule has 0 heterocycles. The molecule has 5 aliphatic rings. The standard InChI is InChI=1S/C30H50O/c1-19-11-14-27(5)17-18-29(7)22-9-10-23-26(3,4)24(31)13-15-28(23,6)21(22)12-16-30(29,8)25(27)20(19)2/h9,19-21,23-25,31H,10-18H2,1-8H3/t19-,20+,21+,23-,24+,25+,27+,28+,29+,30-/m1/s1. The van der Waals surface area contributed by atoms with Crippen LogP contribution in [0.25, 0.3) is 0 Å². The van der Waals surface area contributed by atoms with Crippen molar-refractivity contribution in [3.63, 3.8) is 0 Å². The first-order valence-electron chi connectivity index (χ1n) is 13.7. The molecule has 31 heavy (non-hydrogen) atoms. The highest BCUT2D eigenvalue weighted by molar-refractivity contribution is 5.33. The Kier molecular flexibility index (Phi) is 4.82. The second kappa shape index (κ2) is 6.64. The molecule has 5 rings (SSSR count). The molecule has 0 radical (unpaired) electrons. The van der Waals surface area contributed by atoms with E-state index in [4.69, 9.17) is 0 Å². The normalized spacial score (nSPS) is 58.3. The first-order chi connectivity index (χ1) is 14.3. The van der Waals surface area contributed by atoms with Crippen molar-refractivity contribution in [2.24, 2.45) is 56.7 Å². The Labute approximate surface area is 192 Å². The van der Waals surface area contributed by atoms with Gasteiger partial charge in [-0.1, -0.05) is 67.0 Å². The van der Waals surface area contributed by atoms with Gasteiger partial charge < -0.3 is 5.11 Å². The minimum absolute atomic E-state index is 0.0368. The average molecular weight is 427 g/mol. The van der Waals surface area contributed by atoms with Gasteiger partial charge in [-0.3, -0.25) is 0 Å². The van der Waals surface area contributed by atoms with Crippen molar-refractivity contribution in [1.29, 1.82) is 0 Å². The van der Waals surface area contributed by atoms with E-state index in [2.05, 4.69) is 61.5 Å². The van der Waals surface area contributed by atoms with Crippen LogP contribution in [-0.4, -0.2) is 11.2 Å². The number of hydrogen-bond acceptors (Lipinski definition) is 1. The van der Waals surface area contributed by atoms with Crippen LogP contribution in [0, 0.1) is 56.7 Å². The van der Waals surface area contributed by atoms with Crippen LogP contribution in [0.2, 0.25) is 0 Å². The molecule has 5 aliphatic carbocycles. The first-order valence-corrected chi connectivity index (χ1v) is 13.7. The van der Waals surface area contributed by atoms with Gasteiger partial charge in [-0.25, -0.2) is 0 Å². The van der Waals surface area contributed by atoms with Crippen LogP contribution >= 0.6 is 0 Å². The summed E-state index contributed by atoms with van der Waals surface area (Å²) < 4.78 is 0. The zero-order chi connectivity index (χ0) is 22.6. The zero-order valence-electron chi connectivity index (χ0n) is 21.9. The molecule has 0 unspecified atom stereocenters. The molecule has 0 bridgehead atoms. The van der Waals surface area contributed by atoms with Gasteiger partial charge in [-0.2, -0.15) is 0 Å². The van der Waals surface area contributed by atoms with Crippen molar-refractivity contribution in [2.45, 2.75) is 119 Å². The van der Waals surface area contributed by atoms with Crippen LogP contribution in [0.4, 0.5) is 0 Å². The number of rotatable bonds is 0. The molecule has 0 aromatic heterocycles. The van der Waals surface area contributed by atoms with Gasteiger partial charge in [0.2, 0.25) is 0 Å². The number of allylic oxidation sites excluding steroid dienone is 2. The molecule has 176 valence electrons. The molecule has 0 aromatic rings. The first kappa shape index (κ1) is 22.5. The molecule has 0 saturated heterocycles. The summed E-state index contributed by atoms with van der Waals surface area (Å²) in [5, 5.41) is 10.9. The van der Waals surface area contributed by atoms with Crippen LogP contribution in [0.15, 0.2) is 11.6 Å². The number of aliphatic hydroxyl groups is 1. The van der Waals surface area contributed by atoms with Gasteiger partial charge >= 0.3 is 0 Å². The molecule has 1 heteroatoms. The topological polar surface area (TPSA) is 20.2 Å². The Bertz CT molecular complexity index is 779. The van der Waals surface area contributed by atoms with E-state index < -0.39 is 0 Å². The van der Waals surface area contributed by atoms with Crippen molar-refractivity contribution in [1.82, 2.24) is 0 Å². The summed E-state index contributed by atoms with van der Waals surface area (Å²) in [4.78, 5) is 0. The Morgan fingerprint density at radius 3 is 2.26 bits per heavy atom. The molecule has 0 aromatic carbocycles. The average Bonchev–Trinajstić information content (AvgIpc) is 2.70. The van der Waals surface area contributed by atoms with E-state index in [-0.39, 0.29) is 11.5 Å². The van der Waals surface area contributed by atoms with E-state index in [1.807, 2.05) is 5.57 Å². The molecular formula is C30H50O. The molecule has 4 saturated carbocycles. The summed E-state index contributed by atoms with van der Waals surface area (Å²) in [6, 6.07) is 0. The Morgan fingerprint density at radius 1 is 0.839 bits per heavy atom. The van der Waals surface area contributed by atoms with Gasteiger partial charge in [0.05, 0.1) is 6.10 Å². The lowest BCUT2D eigenvalue weighted by atomic mass is 9.33. The second-order valence-electron chi connectivity index (χ2n) is 14.7. The lowest BCUT2D eigenvalue weighted by Crippen LogP contribution is -2.64. The Balaban J connectivity index is 1.58. The van der Waals surface area contributed by atoms with Gasteiger partial charge in [0.15, 0.2) is 0 Å². The fourth-order valence-electron chi connectivity index (χ4n) is 11.0. The monoisotopic (exact) mass is 426 g/mol. The summed E-state index contributed by atoms with van der Waals surface area (Å²) in [7, 11) is 0. The van der Waals surface area contributed by atoms with E-state index in [9.17, 15) is 5.11 Å². The maximum atomic E-state index is 10.9. The van der Waals surface area contributed by atoms with Gasteiger partial charge in [0.25, 0.3) is 0 Å². The highest BCUT2D eigenvalue weighted by atomic mass is 16.3. The molecule has 0 spiro atoms. The smallest absolute Gasteiger partial charge is 0.0594 e. The summed E-state index contributed by atoms with van der Waals surface area (Å²) in [5.74, 6) is 3.93. The second-order valence-corrected chi connectivity index (χ2v) is 14.7. The molecule has 1 nitrogen and oxygen atoms in total. The van der Waals surface area contributed by atoms with Crippen LogP contribution in [0.5, 0.6) is 0 Å². The highest BCUT2D eigenvalue weighted by Gasteiger charge is 2.67. The van der Waals surface area contributed by atoms with Crippen molar-refractivity contribution in [3.8, 4) is 0 Å². The van der Waals surface area contributed by atoms with Crippen molar-refractivity contribution < 1.29 is 5.11 Å². The lowest BCUT2D eigenvalue weighted by molar-refractivity contribution is -0.186. The number of aliphatic hydroxyl groups excluding tert-OH is 1. The summed E-state index contributed by atoms with van der Waals surface area (Å²) in [5.41, 5.74) is 3.60. The van der Waals surface area contributed by atoms with Crippen molar-refractivity contribution in [2.75, 3.05) is 0 Å². The fourth-order valence-corrected chi connectivity index (χ4v) is 11.0. The lowest BCUT2D eigenvalue weighted by Gasteiger charge is -2.71. The van der Waals surface area contributed by atoms with Gasteiger partial charge in [-0.15, -0.1) is 0 Å². The molecule has 1 N–H and O–H groups in total. The predicted octanol–water partition coefficient (Wildman–Crippen LogP) is 8.02. The molecule has 4 fully saturated rings. The quantitative estimate of drug-likeness (QED) is 0.389. The Morgan fingerprint density at radius 2 is 1.55 bits per heavy atom. The van der Waals surface area contributed by atoms with Gasteiger partial charge in [0.1, 0.15) is 0 Å². The molecular weight excluding hydrogens is 376 g/mol. The minimum atomic E-state index is -0.134. The summed E-state index contributed by atoms with van der Waals surface area (Å²) in [6.07, 6.45) is 14.5. The van der Waals surface area contributed by atoms with Crippen molar-refractivity contribution in [3.05, 3.63) is 11.6 Å². The van der Waals surface area contributed by atoms with E-state index >= 15 is 0 Å². The van der Waals surface area contributed by atoms with Crippen LogP contribution in [0.3, 0.4) is 0 Å². The number of fused-ring (bicyclic) bond motifs is 7. The van der Waals surface area contributed by atoms with Gasteiger partial charge in [0, 0.05) is 0 Å². The molecule has 0 aliphatic heterocycles. The van der Waals surface area contributed by atoms with E-state index in [0.29, 0.717) is 27.6 Å². The Hall–Kier alpha value is -0.300. The van der Waals surface area contributed by atoms with Crippen LogP contribution < -0.4 is 0 Å². The fraction of sp³-hybridized carbons (Fsp3) is 0.933. The van der Waals surface area contributed by atoms with Crippen molar-refractivity contribution >= 4 is 0 Å². The largest absolute Gasteiger partial charge is 0.393 e. The SMILES string of the molecule is C[C@H]1[C@H](C)CC[C@@]2(C)CC[C@@]3(C)C4=CC[C@@H]5C(C)(C)[C@@H](O)CC[C@@]5(C)[C@H]4CC[C@]3(C)[C@@H]12. The van der Waals surface area contributed by atoms with Crippen LogP contribution in [-0.2, 0) is 0 Å². The third kappa shape index (κ3) is 2.65. The zero-order valence-corrected chi connectivity index (χ0v) is 21.9. The highest BCUT2D eigenvalue weighted by Crippen LogP contribution is 2.75. The van der Waals surface area contributed by atoms with E-state index in [1.165, 1.54) is 51.4 Å². The third-order valence-electron chi connectivity index (χ3n) is 13.3. The maximum absolute atomic E-state index is 10.9. The minimum Gasteiger partial charge on any atom is -0.393 e. The summed E-state index contributed by atoms with van der Waals surface area (Å²) >= 11 is 0. The van der Waals surface area contributed by atoms with Crippen LogP contribution in [0.1, 0.15) is 113 Å². The van der Waals surface area contributed by atoms with E-state index in [1.54, 1.807) is 0 Å². The van der Waals surface area contributed by atoms with Gasteiger partial charge in [-0.05, 0) is 114 Å². The third-order valence-corrected chi connectivity index (χ3v) is 13.3. The van der Waals surface area contributed by atoms with E-state index in [0.717, 1.165) is 30.1 Å². The molecule has 10 atom stereocenters. The molecule has 0 amide bonds. The maximum Gasteiger partial charge on any atom is 0.0594 e. The number of hydrogen-bond donors (Lipinski definition) is 1.